The third-order valence-corrected chi connectivity index (χ3v) is 16.8. The van der Waals surface area contributed by atoms with Gasteiger partial charge in [-0.3, -0.25) is 9.59 Å². The summed E-state index contributed by atoms with van der Waals surface area (Å²) in [7, 11) is 0. The Bertz CT molecular complexity index is 1800. The minimum atomic E-state index is -1.35. The van der Waals surface area contributed by atoms with Gasteiger partial charge in [0.05, 0.1) is 47.8 Å². The van der Waals surface area contributed by atoms with E-state index < -0.39 is 89.0 Å². The smallest absolute Gasteiger partial charge is 0.550 e. The number of aliphatic hydroxyl groups excluding tert-OH is 1. The van der Waals surface area contributed by atoms with Gasteiger partial charge in [0.2, 0.25) is 0 Å². The van der Waals surface area contributed by atoms with Crippen LogP contribution < -0.4 is 40.0 Å². The number of rotatable bonds is 15. The fraction of sp³-hybridized carbons (Fsp3) is 0.780. The van der Waals surface area contributed by atoms with Gasteiger partial charge in [0.25, 0.3) is 5.91 Å². The van der Waals surface area contributed by atoms with E-state index in [2.05, 4.69) is 26.1 Å². The van der Waals surface area contributed by atoms with E-state index in [9.17, 15) is 29.7 Å². The number of hydrogen-bond donors (Lipinski definition) is 3. The largest absolute Gasteiger partial charge is 1.00 e. The Labute approximate surface area is 408 Å². The van der Waals surface area contributed by atoms with Crippen LogP contribution >= 0.6 is 11.8 Å². The van der Waals surface area contributed by atoms with Crippen LogP contribution in [-0.2, 0) is 33.3 Å². The number of thioether (sulfide) groups is 1. The molecule has 4 saturated heterocycles. The number of carbonyl (C=O) groups excluding carboxylic acids is 3. The van der Waals surface area contributed by atoms with Crippen molar-refractivity contribution in [2.24, 2.45) is 41.4 Å². The summed E-state index contributed by atoms with van der Waals surface area (Å²) in [5.74, 6) is -6.76. The Morgan fingerprint density at radius 1 is 0.906 bits per heavy atom. The zero-order valence-corrected chi connectivity index (χ0v) is 43.4. The number of carbonyl (C=O) groups is 3. The molecular formula is C50H76NNaO11S. The molecule has 12 nitrogen and oxygen atoms in total. The normalized spacial score (nSPS) is 39.9. The molecule has 6 rings (SSSR count). The molecule has 0 aliphatic carbocycles. The van der Waals surface area contributed by atoms with Crippen LogP contribution in [0.4, 0.5) is 0 Å². The van der Waals surface area contributed by atoms with Crippen LogP contribution in [0.1, 0.15) is 144 Å². The molecule has 1 aromatic carbocycles. The number of aliphatic carboxylic acids is 1. The number of Topliss-reactive ketones (excluding diaryl/α,β-unsaturated/α-hetero) is 1. The quantitative estimate of drug-likeness (QED) is 0.131. The summed E-state index contributed by atoms with van der Waals surface area (Å²) in [5, 5.41) is 38.3. The van der Waals surface area contributed by atoms with Gasteiger partial charge in [0.15, 0.2) is 11.6 Å². The van der Waals surface area contributed by atoms with Gasteiger partial charge in [-0.25, -0.2) is 0 Å². The number of nitrogens with one attached hydrogen (secondary N) is 1. The van der Waals surface area contributed by atoms with Crippen LogP contribution in [-0.4, -0.2) is 99.6 Å². The Balaban J connectivity index is 0.00000771. The van der Waals surface area contributed by atoms with Crippen molar-refractivity contribution in [3.05, 3.63) is 42.0 Å². The maximum atomic E-state index is 14.7. The molecule has 4 fully saturated rings. The molecule has 0 saturated carbocycles. The molecule has 64 heavy (non-hydrogen) atoms. The first kappa shape index (κ1) is 53.6. The first-order chi connectivity index (χ1) is 29.7. The van der Waals surface area contributed by atoms with Crippen LogP contribution in [0.15, 0.2) is 41.3 Å². The number of carboxylic acid groups (broad SMARTS) is 1. The molecule has 18 atom stereocenters. The maximum Gasteiger partial charge on any atom is 1.00 e. The standard InChI is InChI=1S/C50H77NO11S.Na/c1-12-36(46(55)56)38-20-15-28(4)43(59-38)32(8)41(52)31(7)42(53)37(13-2)44-29(5)27-30(6)49(60-44)24-21-39(51-45(54)34-16-18-35(63-11)19-17-34)50(62-49)26-25-47(10,61-50)40-22-23-48(57,14-3)33(9)58-40;/h16-19,21,24,28-33,36-41,43-44,52,57H,12-15,20,22-23,25-27H2,1-11H3,(H,51,54)(H,55,56);/q;+1/p-1/t28-,29-,30+,31-,32-,33-,36+,37-,38+,39-,40+,41+,43+,44-,47-,48+,49-,50-;/m0./s1. The van der Waals surface area contributed by atoms with Gasteiger partial charge in [-0.05, 0) is 120 Å². The number of aliphatic hydroxyl groups is 2. The summed E-state index contributed by atoms with van der Waals surface area (Å²) in [6.45, 7) is 19.6. The summed E-state index contributed by atoms with van der Waals surface area (Å²) >= 11 is 1.60. The molecule has 0 radical (unpaired) electrons. The topological polar surface area (TPSA) is 173 Å². The predicted octanol–water partition coefficient (Wildman–Crippen LogP) is 4.02. The van der Waals surface area contributed by atoms with E-state index in [1.807, 2.05) is 84.2 Å². The molecule has 0 unspecified atom stereocenters. The molecule has 0 bridgehead atoms. The molecule has 3 N–H and O–H groups in total. The van der Waals surface area contributed by atoms with E-state index in [0.717, 1.165) is 11.3 Å². The second-order valence-corrected chi connectivity index (χ2v) is 21.0. The molecule has 2 spiro atoms. The first-order valence-electron chi connectivity index (χ1n) is 23.9. The van der Waals surface area contributed by atoms with Gasteiger partial charge in [-0.2, -0.15) is 0 Å². The molecule has 354 valence electrons. The molecule has 14 heteroatoms. The first-order valence-corrected chi connectivity index (χ1v) is 25.1. The SMILES string of the molecule is CC[C@@H](C(=O)[C@@H](C)[C@@H](O)[C@H](C)[C@@H]1O[C@@H]([C@@H](CC)C(=O)[O-])CC[C@@H]1C)[C@H]1O[C@]2(C=C[C@H](NC(=O)c3ccc(SC)cc3)[C@]3(CC[C@@](C)([C@H]4CC[C@](O)(CC)[C@H](C)O4)O3)O2)[C@H](C)C[C@@H]1C.[Na+]. The van der Waals surface area contributed by atoms with Crippen LogP contribution in [0.25, 0.3) is 0 Å². The summed E-state index contributed by atoms with van der Waals surface area (Å²) in [6.07, 6.45) is 8.24. The fourth-order valence-electron chi connectivity index (χ4n) is 11.6. The minimum absolute atomic E-state index is 0. The molecule has 1 aromatic rings. The van der Waals surface area contributed by atoms with Crippen molar-refractivity contribution in [1.29, 1.82) is 0 Å². The number of amides is 1. The number of ketones is 1. The van der Waals surface area contributed by atoms with Gasteiger partial charge in [-0.1, -0.05) is 61.5 Å². The minimum Gasteiger partial charge on any atom is -0.550 e. The average molecular weight is 922 g/mol. The Hall–Kier alpha value is -1.36. The average Bonchev–Trinajstić information content (AvgIpc) is 3.61. The molecular weight excluding hydrogens is 846 g/mol. The van der Waals surface area contributed by atoms with Crippen molar-refractivity contribution in [2.45, 2.75) is 204 Å². The van der Waals surface area contributed by atoms with Gasteiger partial charge in [0, 0.05) is 52.4 Å². The third kappa shape index (κ3) is 10.6. The van der Waals surface area contributed by atoms with Gasteiger partial charge in [-0.15, -0.1) is 11.8 Å². The van der Waals surface area contributed by atoms with E-state index in [1.165, 1.54) is 0 Å². The van der Waals surface area contributed by atoms with Gasteiger partial charge >= 0.3 is 29.6 Å². The second-order valence-electron chi connectivity index (χ2n) is 20.1. The van der Waals surface area contributed by atoms with E-state index in [1.54, 1.807) is 18.7 Å². The van der Waals surface area contributed by atoms with Crippen molar-refractivity contribution < 1.29 is 82.9 Å². The monoisotopic (exact) mass is 922 g/mol. The number of ether oxygens (including phenoxy) is 5. The third-order valence-electron chi connectivity index (χ3n) is 16.1. The molecule has 0 aromatic heterocycles. The zero-order chi connectivity index (χ0) is 46.2. The number of carboxylic acids is 1. The fourth-order valence-corrected chi connectivity index (χ4v) is 12.0. The second kappa shape index (κ2) is 21.5. The number of hydrogen-bond acceptors (Lipinski definition) is 12. The summed E-state index contributed by atoms with van der Waals surface area (Å²) in [6, 6.07) is 6.78. The molecule has 5 aliphatic rings. The Morgan fingerprint density at radius 2 is 1.58 bits per heavy atom. The van der Waals surface area contributed by atoms with Gasteiger partial charge < -0.3 is 49.1 Å². The number of benzene rings is 1. The van der Waals surface area contributed by atoms with E-state index in [-0.39, 0.29) is 65.1 Å². The molecule has 5 heterocycles. The van der Waals surface area contributed by atoms with E-state index in [4.69, 9.17) is 23.7 Å². The van der Waals surface area contributed by atoms with Crippen molar-refractivity contribution >= 4 is 29.4 Å². The van der Waals surface area contributed by atoms with Crippen molar-refractivity contribution in [3.8, 4) is 0 Å². The van der Waals surface area contributed by atoms with Crippen LogP contribution in [0, 0.1) is 41.4 Å². The summed E-state index contributed by atoms with van der Waals surface area (Å²) in [5.41, 5.74) is -1.22. The summed E-state index contributed by atoms with van der Waals surface area (Å²) in [4.78, 5) is 41.6. The van der Waals surface area contributed by atoms with Crippen LogP contribution in [0.5, 0.6) is 0 Å². The Morgan fingerprint density at radius 3 is 2.17 bits per heavy atom. The predicted molar refractivity (Wildman–Crippen MR) is 239 cm³/mol. The van der Waals surface area contributed by atoms with Crippen LogP contribution in [0.2, 0.25) is 0 Å². The molecule has 5 aliphatic heterocycles. The van der Waals surface area contributed by atoms with Crippen molar-refractivity contribution in [3.63, 3.8) is 0 Å². The van der Waals surface area contributed by atoms with Gasteiger partial charge in [0.1, 0.15) is 11.8 Å². The zero-order valence-electron chi connectivity index (χ0n) is 40.6. The Kier molecular flexibility index (Phi) is 18.0. The van der Waals surface area contributed by atoms with Crippen molar-refractivity contribution in [1.82, 2.24) is 5.32 Å². The molecule has 1 amide bonds. The van der Waals surface area contributed by atoms with Crippen molar-refractivity contribution in [2.75, 3.05) is 6.26 Å². The maximum absolute atomic E-state index is 14.7. The van der Waals surface area contributed by atoms with Crippen LogP contribution in [0.3, 0.4) is 0 Å². The van der Waals surface area contributed by atoms with E-state index >= 15 is 0 Å². The summed E-state index contributed by atoms with van der Waals surface area (Å²) < 4.78 is 34.7. The van der Waals surface area contributed by atoms with E-state index in [0.29, 0.717) is 63.4 Å².